The first-order valence-electron chi connectivity index (χ1n) is 3.61. The minimum Gasteiger partial charge on any atom is -0.285 e. The van der Waals surface area contributed by atoms with Gasteiger partial charge >= 0.3 is 0 Å². The molecule has 0 aliphatic rings. The maximum Gasteiger partial charge on any atom is 0.234 e. The van der Waals surface area contributed by atoms with Crippen LogP contribution in [0.2, 0.25) is 0 Å². The normalized spacial score (nSPS) is 9.73. The predicted octanol–water partition coefficient (Wildman–Crippen LogP) is 2.07. The Balaban J connectivity index is 3.36. The van der Waals surface area contributed by atoms with Gasteiger partial charge < -0.3 is 0 Å². The molecule has 0 unspecified atom stereocenters. The number of carbonyl (C=O) groups excluding carboxylic acids is 1. The molecule has 1 aromatic carbocycles. The molecule has 0 saturated heterocycles. The Morgan fingerprint density at radius 2 is 1.55 bits per heavy atom. The van der Waals surface area contributed by atoms with Crippen molar-refractivity contribution < 1.29 is 4.79 Å². The van der Waals surface area contributed by atoms with Crippen LogP contribution in [0.4, 0.5) is 0 Å². The zero-order valence-corrected chi connectivity index (χ0v) is 7.06. The van der Waals surface area contributed by atoms with E-state index in [4.69, 9.17) is 0 Å². The molecule has 0 fully saturated rings. The van der Waals surface area contributed by atoms with E-state index >= 15 is 0 Å². The van der Waals surface area contributed by atoms with Gasteiger partial charge in [-0.3, -0.25) is 4.79 Å². The van der Waals surface area contributed by atoms with E-state index in [0.29, 0.717) is 5.56 Å². The standard InChI is InChI=1S/C10H11O/c1-7-4-8(2)10(6-11)9(3)5-7/h4-5H,1-3H3. The van der Waals surface area contributed by atoms with E-state index in [-0.39, 0.29) is 0 Å². The molecule has 1 nitrogen and oxygen atoms in total. The lowest BCUT2D eigenvalue weighted by atomic mass is 10.0. The molecule has 11 heavy (non-hydrogen) atoms. The first-order chi connectivity index (χ1) is 5.15. The Morgan fingerprint density at radius 1 is 1.09 bits per heavy atom. The minimum atomic E-state index is 0.704. The summed E-state index contributed by atoms with van der Waals surface area (Å²) in [5, 5.41) is 0. The third-order valence-corrected chi connectivity index (χ3v) is 1.78. The van der Waals surface area contributed by atoms with E-state index in [1.54, 1.807) is 0 Å². The van der Waals surface area contributed by atoms with Gasteiger partial charge in [0.05, 0.1) is 0 Å². The van der Waals surface area contributed by atoms with Crippen LogP contribution >= 0.6 is 0 Å². The molecule has 0 aromatic heterocycles. The SMILES string of the molecule is Cc1cc(C)c([C]=O)c(C)c1. The summed E-state index contributed by atoms with van der Waals surface area (Å²) in [6.45, 7) is 5.88. The molecule has 0 aliphatic heterocycles. The molecular weight excluding hydrogens is 136 g/mol. The van der Waals surface area contributed by atoms with Gasteiger partial charge in [-0.2, -0.15) is 0 Å². The number of hydrogen-bond acceptors (Lipinski definition) is 1. The van der Waals surface area contributed by atoms with Crippen LogP contribution in [0.3, 0.4) is 0 Å². The molecular formula is C10H11O. The Kier molecular flexibility index (Phi) is 2.08. The third-order valence-electron chi connectivity index (χ3n) is 1.78. The zero-order chi connectivity index (χ0) is 8.43. The molecule has 0 atom stereocenters. The monoisotopic (exact) mass is 147 g/mol. The highest BCUT2D eigenvalue weighted by Crippen LogP contribution is 2.13. The van der Waals surface area contributed by atoms with Crippen LogP contribution in [-0.2, 0) is 4.79 Å². The summed E-state index contributed by atoms with van der Waals surface area (Å²) in [7, 11) is 0. The number of hydrogen-bond donors (Lipinski definition) is 0. The van der Waals surface area contributed by atoms with E-state index in [9.17, 15) is 4.79 Å². The van der Waals surface area contributed by atoms with E-state index in [1.807, 2.05) is 39.2 Å². The molecule has 1 rings (SSSR count). The Bertz CT molecular complexity index is 264. The highest BCUT2D eigenvalue weighted by atomic mass is 16.1. The third kappa shape index (κ3) is 1.48. The second kappa shape index (κ2) is 2.87. The van der Waals surface area contributed by atoms with Gasteiger partial charge in [0, 0.05) is 5.56 Å². The van der Waals surface area contributed by atoms with Gasteiger partial charge in [-0.25, -0.2) is 0 Å². The Morgan fingerprint density at radius 3 is 1.91 bits per heavy atom. The average Bonchev–Trinajstić information content (AvgIpc) is 1.85. The van der Waals surface area contributed by atoms with Crippen molar-refractivity contribution in [3.05, 3.63) is 34.4 Å². The van der Waals surface area contributed by atoms with Crippen molar-refractivity contribution in [2.75, 3.05) is 0 Å². The van der Waals surface area contributed by atoms with Crippen molar-refractivity contribution in [3.63, 3.8) is 0 Å². The van der Waals surface area contributed by atoms with E-state index < -0.39 is 0 Å². The van der Waals surface area contributed by atoms with Crippen LogP contribution < -0.4 is 0 Å². The number of benzene rings is 1. The second-order valence-corrected chi connectivity index (χ2v) is 2.88. The summed E-state index contributed by atoms with van der Waals surface area (Å²) in [6, 6.07) is 3.99. The minimum absolute atomic E-state index is 0.704. The van der Waals surface area contributed by atoms with Crippen molar-refractivity contribution in [2.45, 2.75) is 20.8 Å². The van der Waals surface area contributed by atoms with Crippen LogP contribution in [-0.4, -0.2) is 6.29 Å². The summed E-state index contributed by atoms with van der Waals surface area (Å²) < 4.78 is 0. The topological polar surface area (TPSA) is 17.1 Å². The van der Waals surface area contributed by atoms with Gasteiger partial charge in [0.15, 0.2) is 0 Å². The van der Waals surface area contributed by atoms with Crippen LogP contribution in [0.25, 0.3) is 0 Å². The largest absolute Gasteiger partial charge is 0.285 e. The quantitative estimate of drug-likeness (QED) is 0.594. The lowest BCUT2D eigenvalue weighted by Gasteiger charge is -2.03. The fraction of sp³-hybridized carbons (Fsp3) is 0.300. The maximum atomic E-state index is 10.4. The van der Waals surface area contributed by atoms with Crippen LogP contribution in [0.15, 0.2) is 12.1 Å². The molecule has 0 aliphatic carbocycles. The Labute approximate surface area is 67.1 Å². The van der Waals surface area contributed by atoms with Crippen molar-refractivity contribution in [3.8, 4) is 0 Å². The van der Waals surface area contributed by atoms with Crippen molar-refractivity contribution in [1.82, 2.24) is 0 Å². The van der Waals surface area contributed by atoms with Gasteiger partial charge in [-0.1, -0.05) is 17.7 Å². The molecule has 1 heteroatoms. The molecule has 57 valence electrons. The molecule has 0 heterocycles. The summed E-state index contributed by atoms with van der Waals surface area (Å²) >= 11 is 0. The lowest BCUT2D eigenvalue weighted by molar-refractivity contribution is 0.562. The van der Waals surface area contributed by atoms with Gasteiger partial charge in [0.2, 0.25) is 6.29 Å². The van der Waals surface area contributed by atoms with E-state index in [2.05, 4.69) is 0 Å². The van der Waals surface area contributed by atoms with Gasteiger partial charge in [-0.15, -0.1) is 0 Å². The summed E-state index contributed by atoms with van der Waals surface area (Å²) in [6.07, 6.45) is 1.94. The molecule has 1 aromatic rings. The number of rotatable bonds is 1. The van der Waals surface area contributed by atoms with Crippen molar-refractivity contribution in [2.24, 2.45) is 0 Å². The Hall–Kier alpha value is -1.11. The van der Waals surface area contributed by atoms with Crippen molar-refractivity contribution in [1.29, 1.82) is 0 Å². The summed E-state index contributed by atoms with van der Waals surface area (Å²) in [4.78, 5) is 10.4. The van der Waals surface area contributed by atoms with Crippen LogP contribution in [0.5, 0.6) is 0 Å². The smallest absolute Gasteiger partial charge is 0.234 e. The van der Waals surface area contributed by atoms with E-state index in [0.717, 1.165) is 11.1 Å². The highest BCUT2D eigenvalue weighted by molar-refractivity contribution is 5.80. The molecule has 0 saturated carbocycles. The fourth-order valence-corrected chi connectivity index (χ4v) is 1.34. The van der Waals surface area contributed by atoms with Crippen LogP contribution in [0, 0.1) is 20.8 Å². The van der Waals surface area contributed by atoms with Gasteiger partial charge in [0.1, 0.15) is 0 Å². The van der Waals surface area contributed by atoms with Crippen molar-refractivity contribution >= 4 is 6.29 Å². The van der Waals surface area contributed by atoms with Gasteiger partial charge in [0.25, 0.3) is 0 Å². The zero-order valence-electron chi connectivity index (χ0n) is 7.06. The summed E-state index contributed by atoms with van der Waals surface area (Å²) in [5.74, 6) is 0. The highest BCUT2D eigenvalue weighted by Gasteiger charge is 2.01. The average molecular weight is 147 g/mol. The molecule has 1 radical (unpaired) electrons. The molecule has 0 bridgehead atoms. The van der Waals surface area contributed by atoms with Crippen LogP contribution in [0.1, 0.15) is 22.3 Å². The van der Waals surface area contributed by atoms with E-state index in [1.165, 1.54) is 5.56 Å². The predicted molar refractivity (Wildman–Crippen MR) is 45.4 cm³/mol. The maximum absolute atomic E-state index is 10.4. The first kappa shape index (κ1) is 7.99. The number of aryl methyl sites for hydroxylation is 3. The fourth-order valence-electron chi connectivity index (χ4n) is 1.34. The molecule has 0 N–H and O–H groups in total. The lowest BCUT2D eigenvalue weighted by Crippen LogP contribution is -1.92. The second-order valence-electron chi connectivity index (χ2n) is 2.88. The molecule has 0 amide bonds. The summed E-state index contributed by atoms with van der Waals surface area (Å²) in [5.41, 5.74) is 3.92. The first-order valence-corrected chi connectivity index (χ1v) is 3.61. The van der Waals surface area contributed by atoms with Gasteiger partial charge in [-0.05, 0) is 31.9 Å². The molecule has 0 spiro atoms.